The first-order valence-corrected chi connectivity index (χ1v) is 5.90. The minimum atomic E-state index is -4.10. The van der Waals surface area contributed by atoms with Gasteiger partial charge in [-0.3, -0.25) is 4.79 Å². The van der Waals surface area contributed by atoms with Gasteiger partial charge in [0, 0.05) is 18.5 Å². The van der Waals surface area contributed by atoms with Crippen LogP contribution in [0.25, 0.3) is 0 Å². The van der Waals surface area contributed by atoms with Crippen LogP contribution in [0.3, 0.4) is 0 Å². The summed E-state index contributed by atoms with van der Waals surface area (Å²) in [5.74, 6) is -1.65. The minimum absolute atomic E-state index is 0.104. The quantitative estimate of drug-likeness (QED) is 0.803. The lowest BCUT2D eigenvalue weighted by Gasteiger charge is -2.32. The third kappa shape index (κ3) is 4.93. The molecule has 0 aromatic carbocycles. The number of amides is 1. The van der Waals surface area contributed by atoms with Gasteiger partial charge in [0.2, 0.25) is 5.91 Å². The van der Waals surface area contributed by atoms with Crippen LogP contribution < -0.4 is 11.1 Å². The number of nitrogens with one attached hydrogen (secondary N) is 1. The second-order valence-electron chi connectivity index (χ2n) is 4.84. The fraction of sp³-hybridized carbons (Fsp3) is 0.909. The lowest BCUT2D eigenvalue weighted by atomic mass is 9.85. The summed E-state index contributed by atoms with van der Waals surface area (Å²) >= 11 is 0. The fourth-order valence-corrected chi connectivity index (χ4v) is 2.40. The van der Waals surface area contributed by atoms with E-state index < -0.39 is 18.0 Å². The third-order valence-corrected chi connectivity index (χ3v) is 3.16. The van der Waals surface area contributed by atoms with Crippen molar-refractivity contribution in [2.75, 3.05) is 0 Å². The molecule has 3 unspecified atom stereocenters. The van der Waals surface area contributed by atoms with Crippen LogP contribution in [0.15, 0.2) is 0 Å². The van der Waals surface area contributed by atoms with E-state index in [1.54, 1.807) is 6.92 Å². The fourth-order valence-electron chi connectivity index (χ4n) is 2.40. The van der Waals surface area contributed by atoms with Gasteiger partial charge in [-0.05, 0) is 26.2 Å². The molecule has 6 heteroatoms. The molecule has 0 aliphatic heterocycles. The normalized spacial score (nSPS) is 27.8. The van der Waals surface area contributed by atoms with E-state index in [0.717, 1.165) is 6.42 Å². The van der Waals surface area contributed by atoms with Crippen molar-refractivity contribution in [3.63, 3.8) is 0 Å². The maximum absolute atomic E-state index is 12.6. The molecule has 1 aliphatic rings. The Morgan fingerprint density at radius 1 is 1.47 bits per heavy atom. The van der Waals surface area contributed by atoms with E-state index in [4.69, 9.17) is 5.73 Å². The van der Waals surface area contributed by atoms with E-state index >= 15 is 0 Å². The van der Waals surface area contributed by atoms with Crippen molar-refractivity contribution in [1.29, 1.82) is 0 Å². The molecule has 1 amide bonds. The van der Waals surface area contributed by atoms with Gasteiger partial charge < -0.3 is 11.1 Å². The number of halogens is 3. The zero-order valence-electron chi connectivity index (χ0n) is 9.89. The van der Waals surface area contributed by atoms with E-state index in [-0.39, 0.29) is 31.3 Å². The summed E-state index contributed by atoms with van der Waals surface area (Å²) in [6.07, 6.45) is -2.32. The Morgan fingerprint density at radius 3 is 2.65 bits per heavy atom. The van der Waals surface area contributed by atoms with E-state index in [2.05, 4.69) is 5.32 Å². The molecule has 17 heavy (non-hydrogen) atoms. The molecule has 0 saturated heterocycles. The molecule has 100 valence electrons. The number of hydrogen-bond acceptors (Lipinski definition) is 2. The van der Waals surface area contributed by atoms with Crippen molar-refractivity contribution in [2.24, 2.45) is 11.7 Å². The highest BCUT2D eigenvalue weighted by Crippen LogP contribution is 2.37. The second-order valence-corrected chi connectivity index (χ2v) is 4.84. The summed E-state index contributed by atoms with van der Waals surface area (Å²) in [6, 6.07) is -0.325. The number of alkyl halides is 3. The lowest BCUT2D eigenvalue weighted by molar-refractivity contribution is -0.183. The Morgan fingerprint density at radius 2 is 2.12 bits per heavy atom. The average Bonchev–Trinajstić information content (AvgIpc) is 2.15. The van der Waals surface area contributed by atoms with Gasteiger partial charge >= 0.3 is 6.18 Å². The summed E-state index contributed by atoms with van der Waals surface area (Å²) in [4.78, 5) is 10.7. The van der Waals surface area contributed by atoms with Crippen LogP contribution in [-0.2, 0) is 4.79 Å². The first-order valence-electron chi connectivity index (χ1n) is 5.90. The van der Waals surface area contributed by atoms with E-state index in [1.807, 2.05) is 0 Å². The molecule has 0 spiro atoms. The van der Waals surface area contributed by atoms with Crippen LogP contribution in [0, 0.1) is 5.92 Å². The van der Waals surface area contributed by atoms with Crippen molar-refractivity contribution < 1.29 is 18.0 Å². The number of rotatable bonds is 4. The molecule has 1 rings (SSSR count). The van der Waals surface area contributed by atoms with E-state index in [9.17, 15) is 18.0 Å². The van der Waals surface area contributed by atoms with Crippen LogP contribution in [0.1, 0.15) is 39.0 Å². The monoisotopic (exact) mass is 252 g/mol. The zero-order valence-corrected chi connectivity index (χ0v) is 9.89. The van der Waals surface area contributed by atoms with Crippen molar-refractivity contribution in [1.82, 2.24) is 5.32 Å². The summed E-state index contributed by atoms with van der Waals surface area (Å²) in [6.45, 7) is 1.77. The second kappa shape index (κ2) is 5.71. The van der Waals surface area contributed by atoms with Crippen LogP contribution in [0.5, 0.6) is 0 Å². The molecule has 3 atom stereocenters. The first-order chi connectivity index (χ1) is 7.79. The standard InChI is InChI=1S/C11H19F3N2O/c1-7(5-10(15)17)16-9-4-2-3-8(6-9)11(12,13)14/h7-9,16H,2-6H2,1H3,(H2,15,17). The molecule has 0 bridgehead atoms. The maximum Gasteiger partial charge on any atom is 0.391 e. The summed E-state index contributed by atoms with van der Waals surface area (Å²) in [5.41, 5.74) is 5.04. The lowest BCUT2D eigenvalue weighted by Crippen LogP contribution is -2.43. The summed E-state index contributed by atoms with van der Waals surface area (Å²) in [7, 11) is 0. The Bertz CT molecular complexity index is 268. The average molecular weight is 252 g/mol. The largest absolute Gasteiger partial charge is 0.391 e. The van der Waals surface area contributed by atoms with Crippen molar-refractivity contribution in [3.05, 3.63) is 0 Å². The minimum Gasteiger partial charge on any atom is -0.370 e. The molecule has 1 fully saturated rings. The Balaban J connectivity index is 2.42. The Hall–Kier alpha value is -0.780. The smallest absolute Gasteiger partial charge is 0.370 e. The predicted octanol–water partition coefficient (Wildman–Crippen LogP) is 1.96. The summed E-state index contributed by atoms with van der Waals surface area (Å²) < 4.78 is 37.7. The number of hydrogen-bond donors (Lipinski definition) is 2. The number of carbonyl (C=O) groups is 1. The molecule has 1 saturated carbocycles. The summed E-state index contributed by atoms with van der Waals surface area (Å²) in [5, 5.41) is 3.05. The van der Waals surface area contributed by atoms with Gasteiger partial charge in [-0.25, -0.2) is 0 Å². The molecular weight excluding hydrogens is 233 g/mol. The van der Waals surface area contributed by atoms with Gasteiger partial charge in [0.1, 0.15) is 0 Å². The van der Waals surface area contributed by atoms with E-state index in [0.29, 0.717) is 6.42 Å². The van der Waals surface area contributed by atoms with Gasteiger partial charge in [-0.1, -0.05) is 6.42 Å². The molecule has 1 aliphatic carbocycles. The van der Waals surface area contributed by atoms with Gasteiger partial charge in [-0.15, -0.1) is 0 Å². The van der Waals surface area contributed by atoms with E-state index in [1.165, 1.54) is 0 Å². The number of carbonyl (C=O) groups excluding carboxylic acids is 1. The van der Waals surface area contributed by atoms with Crippen molar-refractivity contribution in [3.8, 4) is 0 Å². The van der Waals surface area contributed by atoms with Gasteiger partial charge in [0.25, 0.3) is 0 Å². The molecule has 0 aromatic rings. The zero-order chi connectivity index (χ0) is 13.1. The van der Waals surface area contributed by atoms with Crippen LogP contribution in [0.2, 0.25) is 0 Å². The topological polar surface area (TPSA) is 55.1 Å². The van der Waals surface area contributed by atoms with Crippen LogP contribution in [0.4, 0.5) is 13.2 Å². The molecule has 0 radical (unpaired) electrons. The van der Waals surface area contributed by atoms with Crippen molar-refractivity contribution in [2.45, 2.75) is 57.3 Å². The Labute approximate surface area is 98.9 Å². The highest BCUT2D eigenvalue weighted by Gasteiger charge is 2.42. The third-order valence-electron chi connectivity index (χ3n) is 3.16. The SMILES string of the molecule is CC(CC(N)=O)NC1CCCC(C(F)(F)F)C1. The van der Waals surface area contributed by atoms with Crippen LogP contribution >= 0.6 is 0 Å². The van der Waals surface area contributed by atoms with Gasteiger partial charge in [-0.2, -0.15) is 13.2 Å². The predicted molar refractivity (Wildman–Crippen MR) is 58.2 cm³/mol. The van der Waals surface area contributed by atoms with Gasteiger partial charge in [0.05, 0.1) is 5.92 Å². The first kappa shape index (κ1) is 14.3. The number of nitrogens with two attached hydrogens (primary N) is 1. The molecular formula is C11H19F3N2O. The van der Waals surface area contributed by atoms with Gasteiger partial charge in [0.15, 0.2) is 0 Å². The highest BCUT2D eigenvalue weighted by atomic mass is 19.4. The molecule has 0 heterocycles. The maximum atomic E-state index is 12.6. The highest BCUT2D eigenvalue weighted by molar-refractivity contribution is 5.74. The van der Waals surface area contributed by atoms with Crippen LogP contribution in [-0.4, -0.2) is 24.2 Å². The van der Waals surface area contributed by atoms with Crippen molar-refractivity contribution >= 4 is 5.91 Å². The molecule has 0 aromatic heterocycles. The molecule has 3 nitrogen and oxygen atoms in total. The molecule has 3 N–H and O–H groups in total. The Kier molecular flexibility index (Phi) is 4.80. The number of primary amides is 1.